The molecule has 2 fully saturated rings. The summed E-state index contributed by atoms with van der Waals surface area (Å²) in [4.78, 5) is 51.3. The number of benzene rings is 1. The zero-order valence-electron chi connectivity index (χ0n) is 20.9. The maximum atomic E-state index is 13.2. The third-order valence-electron chi connectivity index (χ3n) is 7.81. The lowest BCUT2D eigenvalue weighted by atomic mass is 10.1. The highest BCUT2D eigenvalue weighted by molar-refractivity contribution is 7.13. The Morgan fingerprint density at radius 3 is 2.63 bits per heavy atom. The average Bonchev–Trinajstić information content (AvgIpc) is 3.19. The number of hydrogen-bond acceptors (Lipinski definition) is 7. The van der Waals surface area contributed by atoms with Crippen LogP contribution in [-0.2, 0) is 17.8 Å². The van der Waals surface area contributed by atoms with Crippen molar-refractivity contribution in [1.29, 1.82) is 0 Å². The minimum absolute atomic E-state index is 0.266. The molecule has 1 aromatic carbocycles. The summed E-state index contributed by atoms with van der Waals surface area (Å²) in [5, 5.41) is 17.7. The number of rotatable bonds is 7. The van der Waals surface area contributed by atoms with Gasteiger partial charge in [-0.2, -0.15) is 0 Å². The van der Waals surface area contributed by atoms with E-state index in [9.17, 15) is 19.5 Å². The second kappa shape index (κ2) is 9.64. The monoisotopic (exact) mass is 556 g/mol. The Morgan fingerprint density at radius 2 is 1.92 bits per heavy atom. The summed E-state index contributed by atoms with van der Waals surface area (Å²) in [6.07, 6.45) is 2.10. The van der Waals surface area contributed by atoms with Gasteiger partial charge in [-0.25, -0.2) is 4.98 Å². The normalized spacial score (nSPS) is 22.8. The van der Waals surface area contributed by atoms with Gasteiger partial charge in [0.05, 0.1) is 23.2 Å². The lowest BCUT2D eigenvalue weighted by Gasteiger charge is -2.20. The van der Waals surface area contributed by atoms with Crippen molar-refractivity contribution >= 4 is 51.6 Å². The molecule has 3 aromatic rings. The van der Waals surface area contributed by atoms with Gasteiger partial charge in [-0.1, -0.05) is 11.6 Å². The molecule has 2 amide bonds. The first-order valence-corrected chi connectivity index (χ1v) is 13.9. The van der Waals surface area contributed by atoms with Gasteiger partial charge in [-0.15, -0.1) is 11.3 Å². The number of carboxylic acids is 1. The lowest BCUT2D eigenvalue weighted by Crippen LogP contribution is -2.51. The number of aromatic nitrogens is 2. The number of amides is 2. The molecule has 2 aliphatic heterocycles. The molecule has 4 heterocycles. The molecule has 0 bridgehead atoms. The summed E-state index contributed by atoms with van der Waals surface area (Å²) in [6.45, 7) is 2.97. The van der Waals surface area contributed by atoms with E-state index in [-0.39, 0.29) is 11.8 Å². The van der Waals surface area contributed by atoms with Crippen LogP contribution in [0, 0.1) is 5.41 Å². The van der Waals surface area contributed by atoms with Crippen molar-refractivity contribution < 1.29 is 19.5 Å². The van der Waals surface area contributed by atoms with Crippen molar-refractivity contribution in [3.05, 3.63) is 50.6 Å². The van der Waals surface area contributed by atoms with E-state index in [4.69, 9.17) is 11.6 Å². The second-order valence-electron chi connectivity index (χ2n) is 10.7. The quantitative estimate of drug-likeness (QED) is 0.351. The predicted molar refractivity (Wildman–Crippen MR) is 144 cm³/mol. The molecule has 1 aliphatic carbocycles. The van der Waals surface area contributed by atoms with Gasteiger partial charge in [-0.3, -0.25) is 19.3 Å². The van der Waals surface area contributed by atoms with Gasteiger partial charge in [0.2, 0.25) is 0 Å². The second-order valence-corrected chi connectivity index (χ2v) is 12.3. The van der Waals surface area contributed by atoms with Crippen molar-refractivity contribution in [1.82, 2.24) is 30.4 Å². The number of carbonyl (C=O) groups is 3. The number of nitrogens with zero attached hydrogens (tertiary/aromatic N) is 3. The number of thiazole rings is 1. The summed E-state index contributed by atoms with van der Waals surface area (Å²) in [5.74, 6) is -1.35. The van der Waals surface area contributed by atoms with Crippen LogP contribution >= 0.6 is 22.9 Å². The van der Waals surface area contributed by atoms with Crippen molar-refractivity contribution in [2.24, 2.45) is 5.41 Å². The van der Waals surface area contributed by atoms with Crippen LogP contribution in [-0.4, -0.2) is 88.0 Å². The molecule has 2 aromatic heterocycles. The Labute approximate surface area is 228 Å². The molecule has 1 unspecified atom stereocenters. The Morgan fingerprint density at radius 1 is 1.18 bits per heavy atom. The summed E-state index contributed by atoms with van der Waals surface area (Å²) in [7, 11) is 2.05. The number of likely N-dealkylation sites (tertiary alicyclic amines) is 1. The minimum Gasteiger partial charge on any atom is -0.481 e. The van der Waals surface area contributed by atoms with E-state index < -0.39 is 23.5 Å². The van der Waals surface area contributed by atoms with Crippen molar-refractivity contribution in [3.8, 4) is 0 Å². The zero-order valence-corrected chi connectivity index (χ0v) is 22.5. The number of carboxylic acid groups (broad SMARTS) is 1. The zero-order chi connectivity index (χ0) is 26.6. The first-order valence-electron chi connectivity index (χ1n) is 12.7. The standard InChI is InChI=1S/C26H29ClN6O4S/c1-32-7-4-17-21(12-32)38-24(31-17)23(35)30-20-11-33(13-26(5-6-26)25(36)37)10-19(20)29-22(34)18-9-14-8-15(27)2-3-16(14)28-18/h2-3,8-9,19-20,28H,4-7,10-13H2,1H3,(H,29,34)(H,30,35)(H,36,37)/t19-,20?/m1/s1. The van der Waals surface area contributed by atoms with Gasteiger partial charge in [-0.05, 0) is 44.2 Å². The van der Waals surface area contributed by atoms with Gasteiger partial charge in [0.1, 0.15) is 5.69 Å². The van der Waals surface area contributed by atoms with Crippen LogP contribution in [0.1, 0.15) is 43.7 Å². The van der Waals surface area contributed by atoms with Crippen LogP contribution < -0.4 is 10.6 Å². The highest BCUT2D eigenvalue weighted by atomic mass is 35.5. The van der Waals surface area contributed by atoms with Crippen molar-refractivity contribution in [2.45, 2.75) is 37.9 Å². The molecule has 4 N–H and O–H groups in total. The number of H-pyrrole nitrogens is 1. The average molecular weight is 557 g/mol. The number of carbonyl (C=O) groups excluding carboxylic acids is 2. The smallest absolute Gasteiger partial charge is 0.310 e. The molecule has 2 atom stereocenters. The largest absolute Gasteiger partial charge is 0.481 e. The maximum Gasteiger partial charge on any atom is 0.310 e. The first-order chi connectivity index (χ1) is 18.2. The fraction of sp³-hybridized carbons (Fsp3) is 0.462. The summed E-state index contributed by atoms with van der Waals surface area (Å²) >= 11 is 7.50. The Balaban J connectivity index is 1.19. The molecule has 200 valence electrons. The molecule has 0 spiro atoms. The molecule has 0 radical (unpaired) electrons. The Kier molecular flexibility index (Phi) is 6.42. The molecule has 6 rings (SSSR count). The molecule has 10 nitrogen and oxygen atoms in total. The van der Waals surface area contributed by atoms with Crippen LogP contribution in [0.4, 0.5) is 0 Å². The van der Waals surface area contributed by atoms with E-state index in [1.54, 1.807) is 18.2 Å². The van der Waals surface area contributed by atoms with Gasteiger partial charge < -0.3 is 25.6 Å². The fourth-order valence-corrected chi connectivity index (χ4v) is 6.72. The van der Waals surface area contributed by atoms with E-state index >= 15 is 0 Å². The van der Waals surface area contributed by atoms with E-state index in [0.29, 0.717) is 48.2 Å². The fourth-order valence-electron chi connectivity index (χ4n) is 5.45. The summed E-state index contributed by atoms with van der Waals surface area (Å²) < 4.78 is 0. The van der Waals surface area contributed by atoms with Gasteiger partial charge in [0.15, 0.2) is 5.01 Å². The minimum atomic E-state index is -0.791. The van der Waals surface area contributed by atoms with E-state index in [1.165, 1.54) is 11.3 Å². The molecular weight excluding hydrogens is 528 g/mol. The third-order valence-corrected chi connectivity index (χ3v) is 9.12. The molecule has 38 heavy (non-hydrogen) atoms. The van der Waals surface area contributed by atoms with E-state index in [0.717, 1.165) is 41.0 Å². The number of fused-ring (bicyclic) bond motifs is 2. The van der Waals surface area contributed by atoms with Gasteiger partial charge in [0.25, 0.3) is 11.8 Å². The van der Waals surface area contributed by atoms with E-state index in [1.807, 2.05) is 18.0 Å². The van der Waals surface area contributed by atoms with Crippen LogP contribution in [0.5, 0.6) is 0 Å². The molecule has 3 aliphatic rings. The summed E-state index contributed by atoms with van der Waals surface area (Å²) in [5.41, 5.74) is 1.44. The predicted octanol–water partition coefficient (Wildman–Crippen LogP) is 2.34. The SMILES string of the molecule is CN1CCc2nc(C(=O)NC3CN(CC4(C(=O)O)CC4)C[C@H]3NC(=O)c3cc4cc(Cl)ccc4[nH]3)sc2C1. The van der Waals surface area contributed by atoms with Crippen LogP contribution in [0.2, 0.25) is 5.02 Å². The number of aliphatic carboxylic acids is 1. The van der Waals surface area contributed by atoms with E-state index in [2.05, 4.69) is 25.5 Å². The number of nitrogens with one attached hydrogen (secondary N) is 3. The maximum absolute atomic E-state index is 13.2. The third kappa shape index (κ3) is 4.91. The molecule has 12 heteroatoms. The summed E-state index contributed by atoms with van der Waals surface area (Å²) in [6, 6.07) is 6.33. The number of likely N-dealkylation sites (N-methyl/N-ethyl adjacent to an activating group) is 1. The van der Waals surface area contributed by atoms with Crippen molar-refractivity contribution in [3.63, 3.8) is 0 Å². The number of hydrogen-bond donors (Lipinski definition) is 4. The number of aromatic amines is 1. The Bertz CT molecular complexity index is 1430. The molecular formula is C26H29ClN6O4S. The highest BCUT2D eigenvalue weighted by Gasteiger charge is 2.52. The molecule has 1 saturated heterocycles. The van der Waals surface area contributed by atoms with Crippen LogP contribution in [0.3, 0.4) is 0 Å². The topological polar surface area (TPSA) is 131 Å². The van der Waals surface area contributed by atoms with Crippen LogP contribution in [0.25, 0.3) is 10.9 Å². The first kappa shape index (κ1) is 25.3. The lowest BCUT2D eigenvalue weighted by molar-refractivity contribution is -0.144. The Hall–Kier alpha value is -2.99. The molecule has 1 saturated carbocycles. The van der Waals surface area contributed by atoms with Crippen molar-refractivity contribution in [2.75, 3.05) is 33.2 Å². The highest BCUT2D eigenvalue weighted by Crippen LogP contribution is 2.47. The number of halogens is 1. The van der Waals surface area contributed by atoms with Gasteiger partial charge >= 0.3 is 5.97 Å². The van der Waals surface area contributed by atoms with Gasteiger partial charge in [0, 0.05) is 59.9 Å². The van der Waals surface area contributed by atoms with Crippen LogP contribution in [0.15, 0.2) is 24.3 Å².